The van der Waals surface area contributed by atoms with Gasteiger partial charge in [-0.05, 0) is 18.2 Å². The number of halogens is 2. The number of nitrogens with zero attached hydrogens (tertiary/aromatic N) is 5. The fourth-order valence-corrected chi connectivity index (χ4v) is 3.36. The predicted octanol–water partition coefficient (Wildman–Crippen LogP) is 4.12. The quantitative estimate of drug-likeness (QED) is 0.543. The first-order valence-electron chi connectivity index (χ1n) is 6.21. The molecule has 22 heavy (non-hydrogen) atoms. The van der Waals surface area contributed by atoms with Crippen LogP contribution in [0.5, 0.6) is 0 Å². The van der Waals surface area contributed by atoms with E-state index in [0.717, 1.165) is 5.56 Å². The second kappa shape index (κ2) is 5.05. The minimum atomic E-state index is 0.529. The van der Waals surface area contributed by atoms with Gasteiger partial charge in [0.25, 0.3) is 0 Å². The van der Waals surface area contributed by atoms with Crippen molar-refractivity contribution in [3.05, 3.63) is 40.4 Å². The van der Waals surface area contributed by atoms with E-state index in [-0.39, 0.29) is 0 Å². The van der Waals surface area contributed by atoms with Gasteiger partial charge in [-0.15, -0.1) is 10.2 Å². The number of benzene rings is 1. The highest BCUT2D eigenvalue weighted by Gasteiger charge is 2.16. The molecule has 0 aliphatic heterocycles. The minimum absolute atomic E-state index is 0.529. The molecule has 0 N–H and O–H groups in total. The number of rotatable bonds is 2. The van der Waals surface area contributed by atoms with Gasteiger partial charge < -0.3 is 4.42 Å². The molecule has 3 aromatic heterocycles. The minimum Gasteiger partial charge on any atom is -0.449 e. The Balaban J connectivity index is 1.87. The van der Waals surface area contributed by atoms with E-state index in [0.29, 0.717) is 37.4 Å². The summed E-state index contributed by atoms with van der Waals surface area (Å²) >= 11 is 13.5. The Morgan fingerprint density at radius 3 is 2.59 bits per heavy atom. The summed E-state index contributed by atoms with van der Waals surface area (Å²) in [6.45, 7) is 1.78. The number of oxazole rings is 1. The van der Waals surface area contributed by atoms with Crippen LogP contribution < -0.4 is 0 Å². The largest absolute Gasteiger partial charge is 0.449 e. The molecule has 4 rings (SSSR count). The average Bonchev–Trinajstić information content (AvgIpc) is 3.11. The van der Waals surface area contributed by atoms with E-state index in [9.17, 15) is 0 Å². The summed E-state index contributed by atoms with van der Waals surface area (Å²) < 4.78 is 6.86. The lowest BCUT2D eigenvalue weighted by Crippen LogP contribution is -1.91. The molecule has 0 spiro atoms. The molecule has 6 nitrogen and oxygen atoms in total. The lowest BCUT2D eigenvalue weighted by Gasteiger charge is -1.99. The highest BCUT2D eigenvalue weighted by molar-refractivity contribution is 7.19. The third-order valence-corrected chi connectivity index (χ3v) is 4.31. The van der Waals surface area contributed by atoms with Crippen LogP contribution >= 0.6 is 34.5 Å². The van der Waals surface area contributed by atoms with E-state index in [1.807, 2.05) is 0 Å². The maximum Gasteiger partial charge on any atom is 0.235 e. The van der Waals surface area contributed by atoms with Crippen molar-refractivity contribution in [3.63, 3.8) is 0 Å². The van der Waals surface area contributed by atoms with Crippen molar-refractivity contribution in [1.82, 2.24) is 24.8 Å². The summed E-state index contributed by atoms with van der Waals surface area (Å²) in [7, 11) is 0. The van der Waals surface area contributed by atoms with E-state index in [1.54, 1.807) is 35.9 Å². The third kappa shape index (κ3) is 2.27. The zero-order valence-electron chi connectivity index (χ0n) is 11.1. The van der Waals surface area contributed by atoms with E-state index in [4.69, 9.17) is 27.6 Å². The van der Waals surface area contributed by atoms with E-state index < -0.39 is 0 Å². The number of hydrogen-bond acceptors (Lipinski definition) is 6. The molecule has 0 aliphatic carbocycles. The standard InChI is InChI=1S/C13H7Cl2N5OS/c1-6-16-10(5-21-6)12-19-20-11(17-18-13(20)22-12)7-2-8(14)4-9(15)3-7/h2-5H,1H3. The third-order valence-electron chi connectivity index (χ3n) is 2.95. The molecule has 0 amide bonds. The van der Waals surface area contributed by atoms with Crippen LogP contribution in [0.3, 0.4) is 0 Å². The first kappa shape index (κ1) is 13.7. The van der Waals surface area contributed by atoms with E-state index in [2.05, 4.69) is 20.3 Å². The maximum atomic E-state index is 6.04. The fourth-order valence-electron chi connectivity index (χ4n) is 2.05. The molecule has 9 heteroatoms. The number of fused-ring (bicyclic) bond motifs is 1. The van der Waals surface area contributed by atoms with Gasteiger partial charge in [0.15, 0.2) is 16.7 Å². The Morgan fingerprint density at radius 2 is 1.91 bits per heavy atom. The molecule has 110 valence electrons. The first-order valence-corrected chi connectivity index (χ1v) is 7.78. The van der Waals surface area contributed by atoms with Gasteiger partial charge in [-0.1, -0.05) is 34.5 Å². The molecule has 0 saturated heterocycles. The van der Waals surface area contributed by atoms with Crippen molar-refractivity contribution >= 4 is 39.5 Å². The summed E-state index contributed by atoms with van der Waals surface area (Å²) in [6, 6.07) is 5.20. The molecule has 1 aromatic carbocycles. The second-order valence-electron chi connectivity index (χ2n) is 4.54. The number of aryl methyl sites for hydroxylation is 1. The summed E-state index contributed by atoms with van der Waals surface area (Å²) in [6.07, 6.45) is 1.57. The molecule has 0 bridgehead atoms. The highest BCUT2D eigenvalue weighted by atomic mass is 35.5. The van der Waals surface area contributed by atoms with E-state index >= 15 is 0 Å². The SMILES string of the molecule is Cc1nc(-c2nn3c(-c4cc(Cl)cc(Cl)c4)nnc3s2)co1. The zero-order valence-corrected chi connectivity index (χ0v) is 13.4. The van der Waals surface area contributed by atoms with Gasteiger partial charge in [-0.25, -0.2) is 4.98 Å². The fraction of sp³-hybridized carbons (Fsp3) is 0.0769. The van der Waals surface area contributed by atoms with Crippen LogP contribution in [-0.4, -0.2) is 24.8 Å². The van der Waals surface area contributed by atoms with Crippen molar-refractivity contribution in [3.8, 4) is 22.1 Å². The second-order valence-corrected chi connectivity index (χ2v) is 6.36. The van der Waals surface area contributed by atoms with Crippen LogP contribution in [0.2, 0.25) is 10.0 Å². The van der Waals surface area contributed by atoms with Crippen LogP contribution in [0.4, 0.5) is 0 Å². The zero-order chi connectivity index (χ0) is 15.3. The normalized spacial score (nSPS) is 11.4. The van der Waals surface area contributed by atoms with Gasteiger partial charge in [0.2, 0.25) is 4.96 Å². The van der Waals surface area contributed by atoms with Crippen molar-refractivity contribution in [2.45, 2.75) is 6.92 Å². The Bertz CT molecular complexity index is 969. The summed E-state index contributed by atoms with van der Waals surface area (Å²) in [5.41, 5.74) is 1.42. The highest BCUT2D eigenvalue weighted by Crippen LogP contribution is 2.30. The molecule has 0 atom stereocenters. The Morgan fingerprint density at radius 1 is 1.14 bits per heavy atom. The Hall–Kier alpha value is -1.96. The molecule has 3 heterocycles. The Labute approximate surface area is 138 Å². The van der Waals surface area contributed by atoms with Gasteiger partial charge in [0.1, 0.15) is 12.0 Å². The predicted molar refractivity (Wildman–Crippen MR) is 84.3 cm³/mol. The Kier molecular flexibility index (Phi) is 3.14. The monoisotopic (exact) mass is 351 g/mol. The van der Waals surface area contributed by atoms with Gasteiger partial charge in [-0.3, -0.25) is 0 Å². The molecular weight excluding hydrogens is 345 g/mol. The van der Waals surface area contributed by atoms with Crippen molar-refractivity contribution in [2.24, 2.45) is 0 Å². The van der Waals surface area contributed by atoms with Gasteiger partial charge in [-0.2, -0.15) is 9.61 Å². The lowest BCUT2D eigenvalue weighted by atomic mass is 10.2. The van der Waals surface area contributed by atoms with E-state index in [1.165, 1.54) is 11.3 Å². The van der Waals surface area contributed by atoms with Crippen LogP contribution in [0.1, 0.15) is 5.89 Å². The topological polar surface area (TPSA) is 69.1 Å². The molecule has 0 fully saturated rings. The van der Waals surface area contributed by atoms with Crippen molar-refractivity contribution in [1.29, 1.82) is 0 Å². The van der Waals surface area contributed by atoms with Gasteiger partial charge in [0, 0.05) is 22.5 Å². The molecule has 0 unspecified atom stereocenters. The number of hydrogen-bond donors (Lipinski definition) is 0. The molecule has 0 aliphatic rings. The molecular formula is C13H7Cl2N5OS. The maximum absolute atomic E-state index is 6.04. The lowest BCUT2D eigenvalue weighted by molar-refractivity contribution is 0.521. The number of aromatic nitrogens is 5. The van der Waals surface area contributed by atoms with Gasteiger partial charge >= 0.3 is 0 Å². The van der Waals surface area contributed by atoms with Crippen molar-refractivity contribution < 1.29 is 4.42 Å². The molecule has 0 saturated carbocycles. The first-order chi connectivity index (χ1) is 10.6. The summed E-state index contributed by atoms with van der Waals surface area (Å²) in [4.78, 5) is 4.92. The van der Waals surface area contributed by atoms with Gasteiger partial charge in [0.05, 0.1) is 0 Å². The molecule has 0 radical (unpaired) electrons. The van der Waals surface area contributed by atoms with Crippen LogP contribution in [0.15, 0.2) is 28.9 Å². The average molecular weight is 352 g/mol. The van der Waals surface area contributed by atoms with Crippen LogP contribution in [0, 0.1) is 6.92 Å². The van der Waals surface area contributed by atoms with Crippen LogP contribution in [0.25, 0.3) is 27.1 Å². The summed E-state index contributed by atoms with van der Waals surface area (Å²) in [5.74, 6) is 1.16. The van der Waals surface area contributed by atoms with Crippen LogP contribution in [-0.2, 0) is 0 Å². The molecule has 4 aromatic rings. The summed E-state index contributed by atoms with van der Waals surface area (Å²) in [5, 5.41) is 14.5. The van der Waals surface area contributed by atoms with Crippen molar-refractivity contribution in [2.75, 3.05) is 0 Å². The smallest absolute Gasteiger partial charge is 0.235 e.